The Hall–Kier alpha value is -10.9. The fourth-order valence-corrected chi connectivity index (χ4v) is 13.7. The van der Waals surface area contributed by atoms with Crippen LogP contribution in [0.5, 0.6) is 0 Å². The second kappa shape index (κ2) is 19.1. The van der Waals surface area contributed by atoms with E-state index in [4.69, 9.17) is 19.8 Å². The topological polar surface area (TPSA) is 62.8 Å². The van der Waals surface area contributed by atoms with Crippen LogP contribution in [0.1, 0.15) is 44.5 Å². The predicted molar refractivity (Wildman–Crippen MR) is 358 cm³/mol. The summed E-state index contributed by atoms with van der Waals surface area (Å²) < 4.78 is 9.82. The quantitative estimate of drug-likeness (QED) is 0.149. The minimum absolute atomic E-state index is 0.371. The first-order chi connectivity index (χ1) is 41.9. The zero-order valence-electron chi connectivity index (χ0n) is 49.2. The summed E-state index contributed by atoms with van der Waals surface area (Å²) >= 11 is 0. The first-order valence-corrected chi connectivity index (χ1v) is 29.4. The molecule has 0 amide bonds. The number of hydrogen-bond acceptors (Lipinski definition) is 3. The van der Waals surface area contributed by atoms with Crippen LogP contribution in [0.15, 0.2) is 206 Å². The Balaban J connectivity index is 1.28. The molecule has 410 valence electrons. The third-order valence-corrected chi connectivity index (χ3v) is 17.6. The number of fused-ring (bicyclic) bond motifs is 12. The molecule has 8 nitrogen and oxygen atoms in total. The highest BCUT2D eigenvalue weighted by Gasteiger charge is 2.37. The molecule has 0 atom stereocenters. The van der Waals surface area contributed by atoms with Crippen molar-refractivity contribution in [3.8, 4) is 56.9 Å². The summed E-state index contributed by atoms with van der Waals surface area (Å²) in [6, 6.07) is 74.8. The molecule has 0 N–H and O–H groups in total. The first-order valence-electron chi connectivity index (χ1n) is 29.4. The van der Waals surface area contributed by atoms with E-state index in [9.17, 15) is 6.57 Å². The van der Waals surface area contributed by atoms with Crippen LogP contribution in [0, 0.1) is 62.0 Å². The summed E-state index contributed by atoms with van der Waals surface area (Å²) in [7, 11) is 0. The van der Waals surface area contributed by atoms with Crippen LogP contribution in [0.3, 0.4) is 0 Å². The SMILES string of the molecule is [C-]#[N+]c1c(-c2nc(-c3ccccc3)nc(-c3ccccc3)n2)c(-n2c3ccc(C)cc3c3cc(C)ccc32)c(-n2c3ccc(C)cc3c3cc(C)ccc32)c(-n2c3ccc(C)cc3c3cc(C)ccc32)c1-n1c2ccc(C)cc2c2cc(C)ccc21. The van der Waals surface area contributed by atoms with Gasteiger partial charge in [-0.3, -0.25) is 0 Å². The molecule has 0 fully saturated rings. The number of aromatic nitrogens is 7. The van der Waals surface area contributed by atoms with Gasteiger partial charge in [0.05, 0.1) is 79.0 Å². The summed E-state index contributed by atoms with van der Waals surface area (Å²) in [6.07, 6.45) is 0. The highest BCUT2D eigenvalue weighted by Crippen LogP contribution is 2.55. The van der Waals surface area contributed by atoms with Crippen LogP contribution in [-0.4, -0.2) is 33.2 Å². The lowest BCUT2D eigenvalue weighted by atomic mass is 10.00. The number of rotatable bonds is 7. The van der Waals surface area contributed by atoms with Gasteiger partial charge in [-0.1, -0.05) is 154 Å². The van der Waals surface area contributed by atoms with E-state index in [0.29, 0.717) is 34.4 Å². The van der Waals surface area contributed by atoms with E-state index in [-0.39, 0.29) is 0 Å². The van der Waals surface area contributed by atoms with Gasteiger partial charge in [0, 0.05) is 54.2 Å². The van der Waals surface area contributed by atoms with Crippen LogP contribution < -0.4 is 0 Å². The number of benzene rings is 11. The van der Waals surface area contributed by atoms with Gasteiger partial charge in [0.25, 0.3) is 0 Å². The van der Waals surface area contributed by atoms with E-state index in [1.807, 2.05) is 36.4 Å². The van der Waals surface area contributed by atoms with E-state index < -0.39 is 0 Å². The smallest absolute Gasteiger partial charge is 0.225 e. The minimum Gasteiger partial charge on any atom is -0.317 e. The Morgan fingerprint density at radius 2 is 0.500 bits per heavy atom. The van der Waals surface area contributed by atoms with Crippen molar-refractivity contribution in [2.24, 2.45) is 0 Å². The molecular weight excluding hydrogens is 1050 g/mol. The fraction of sp³-hybridized carbons (Fsp3) is 0.103. The van der Waals surface area contributed by atoms with E-state index in [2.05, 4.69) is 244 Å². The lowest BCUT2D eigenvalue weighted by molar-refractivity contribution is 1.01. The van der Waals surface area contributed by atoms with Gasteiger partial charge >= 0.3 is 0 Å². The average Bonchev–Trinajstić information content (AvgIpc) is 1.44. The molecule has 5 aromatic heterocycles. The normalized spacial score (nSPS) is 11.9. The molecule has 8 heteroatoms. The van der Waals surface area contributed by atoms with E-state index >= 15 is 0 Å². The Morgan fingerprint density at radius 1 is 0.267 bits per heavy atom. The van der Waals surface area contributed by atoms with Gasteiger partial charge in [0.1, 0.15) is 0 Å². The third-order valence-electron chi connectivity index (χ3n) is 17.6. The van der Waals surface area contributed by atoms with Crippen molar-refractivity contribution in [3.05, 3.63) is 262 Å². The summed E-state index contributed by atoms with van der Waals surface area (Å²) in [5.74, 6) is 1.36. The highest BCUT2D eigenvalue weighted by atomic mass is 15.2. The van der Waals surface area contributed by atoms with Crippen molar-refractivity contribution in [1.82, 2.24) is 33.2 Å². The van der Waals surface area contributed by atoms with Gasteiger partial charge in [-0.05, 0) is 152 Å². The van der Waals surface area contributed by atoms with Crippen LogP contribution >= 0.6 is 0 Å². The molecular formula is C78H58N8. The lowest BCUT2D eigenvalue weighted by Gasteiger charge is -2.29. The molecule has 0 saturated carbocycles. The van der Waals surface area contributed by atoms with E-state index in [1.54, 1.807) is 0 Å². The van der Waals surface area contributed by atoms with Gasteiger partial charge in [-0.15, -0.1) is 0 Å². The zero-order chi connectivity index (χ0) is 58.4. The lowest BCUT2D eigenvalue weighted by Crippen LogP contribution is -2.16. The summed E-state index contributed by atoms with van der Waals surface area (Å²) in [6.45, 7) is 27.7. The van der Waals surface area contributed by atoms with Crippen molar-refractivity contribution in [1.29, 1.82) is 0 Å². The van der Waals surface area contributed by atoms with Crippen LogP contribution in [0.4, 0.5) is 5.69 Å². The Labute approximate surface area is 498 Å². The predicted octanol–water partition coefficient (Wildman–Crippen LogP) is 20.3. The molecule has 0 aliphatic rings. The maximum absolute atomic E-state index is 10.3. The average molecular weight is 1110 g/mol. The first kappa shape index (κ1) is 50.8. The molecule has 16 rings (SSSR count). The highest BCUT2D eigenvalue weighted by molar-refractivity contribution is 6.18. The van der Waals surface area contributed by atoms with E-state index in [1.165, 1.54) is 0 Å². The van der Waals surface area contributed by atoms with Gasteiger partial charge in [-0.2, -0.15) is 0 Å². The second-order valence-corrected chi connectivity index (χ2v) is 23.8. The molecule has 0 spiro atoms. The largest absolute Gasteiger partial charge is 0.317 e. The summed E-state index contributed by atoms with van der Waals surface area (Å²) in [5, 5.41) is 8.90. The Morgan fingerprint density at radius 3 is 0.767 bits per heavy atom. The van der Waals surface area contributed by atoms with Crippen molar-refractivity contribution < 1.29 is 0 Å². The van der Waals surface area contributed by atoms with Crippen molar-refractivity contribution in [3.63, 3.8) is 0 Å². The molecule has 0 unspecified atom stereocenters. The third kappa shape index (κ3) is 7.64. The van der Waals surface area contributed by atoms with Crippen molar-refractivity contribution in [2.45, 2.75) is 55.4 Å². The maximum Gasteiger partial charge on any atom is 0.225 e. The molecule has 16 aromatic rings. The number of aryl methyl sites for hydroxylation is 8. The van der Waals surface area contributed by atoms with Gasteiger partial charge in [0.15, 0.2) is 17.5 Å². The van der Waals surface area contributed by atoms with Gasteiger partial charge < -0.3 is 18.3 Å². The van der Waals surface area contributed by atoms with Crippen molar-refractivity contribution in [2.75, 3.05) is 0 Å². The molecule has 86 heavy (non-hydrogen) atoms. The van der Waals surface area contributed by atoms with Crippen LogP contribution in [0.25, 0.3) is 149 Å². The standard InChI is InChI=1S/C78H58N8/c1-44-20-28-62-54(36-44)55-37-45(2)21-29-63(55)83(62)72-70(78-81-76(52-16-12-10-13-17-52)80-77(82-78)53-18-14-11-15-19-53)71(79-9)73(84-64-30-22-46(3)38-56(64)57-39-47(4)23-31-65(57)84)75(86-68-34-26-50(7)42-60(68)61-43-51(8)27-35-69(61)86)74(72)85-66-32-24-48(5)40-58(66)59-41-49(6)25-33-67(59)85/h10-43H,1-8H3. The zero-order valence-corrected chi connectivity index (χ0v) is 49.2. The fourth-order valence-electron chi connectivity index (χ4n) is 13.7. The monoisotopic (exact) mass is 1110 g/mol. The Bertz CT molecular complexity index is 5330. The van der Waals surface area contributed by atoms with Gasteiger partial charge in [0.2, 0.25) is 5.69 Å². The molecule has 0 aliphatic heterocycles. The molecule has 11 aromatic carbocycles. The number of nitrogens with zero attached hydrogens (tertiary/aromatic N) is 8. The van der Waals surface area contributed by atoms with Crippen LogP contribution in [0.2, 0.25) is 0 Å². The minimum atomic E-state index is 0.371. The van der Waals surface area contributed by atoms with Gasteiger partial charge in [-0.25, -0.2) is 19.8 Å². The molecule has 5 heterocycles. The summed E-state index contributed by atoms with van der Waals surface area (Å²) in [5.41, 5.74) is 23.0. The second-order valence-electron chi connectivity index (χ2n) is 23.8. The van der Waals surface area contributed by atoms with Crippen LogP contribution in [-0.2, 0) is 0 Å². The molecule has 0 radical (unpaired) electrons. The van der Waals surface area contributed by atoms with Crippen molar-refractivity contribution >= 4 is 92.9 Å². The number of hydrogen-bond donors (Lipinski definition) is 0. The molecule has 0 bridgehead atoms. The maximum atomic E-state index is 10.3. The Kier molecular flexibility index (Phi) is 11.3. The summed E-state index contributed by atoms with van der Waals surface area (Å²) in [4.78, 5) is 21.8. The molecule has 0 saturated heterocycles. The molecule has 0 aliphatic carbocycles. The van der Waals surface area contributed by atoms with E-state index in [0.717, 1.165) is 160 Å².